The van der Waals surface area contributed by atoms with Gasteiger partial charge in [0, 0.05) is 21.7 Å². The molecule has 0 aliphatic heterocycles. The first-order chi connectivity index (χ1) is 9.15. The highest BCUT2D eigenvalue weighted by molar-refractivity contribution is 6.31. The second-order valence-corrected chi connectivity index (χ2v) is 4.61. The van der Waals surface area contributed by atoms with Gasteiger partial charge in [0.2, 0.25) is 6.29 Å². The molecule has 0 atom stereocenters. The van der Waals surface area contributed by atoms with Crippen LogP contribution in [0.2, 0.25) is 5.02 Å². The fraction of sp³-hybridized carbons (Fsp3) is 0.125. The summed E-state index contributed by atoms with van der Waals surface area (Å²) in [5.41, 5.74) is 2.21. The molecule has 0 spiro atoms. The molecule has 2 nitrogen and oxygen atoms in total. The Morgan fingerprint density at radius 1 is 1.16 bits per heavy atom. The van der Waals surface area contributed by atoms with Crippen molar-refractivity contribution in [3.63, 3.8) is 0 Å². The molecule has 0 unspecified atom stereocenters. The molecule has 0 fully saturated rings. The van der Waals surface area contributed by atoms with E-state index < -0.39 is 0 Å². The molecule has 0 heterocycles. The molecule has 0 aromatic heterocycles. The fourth-order valence-corrected chi connectivity index (χ4v) is 2.01. The van der Waals surface area contributed by atoms with Crippen LogP contribution < -0.4 is 0 Å². The van der Waals surface area contributed by atoms with E-state index in [4.69, 9.17) is 11.6 Å². The van der Waals surface area contributed by atoms with E-state index in [9.17, 15) is 9.59 Å². The monoisotopic (exact) mass is 271 g/mol. The van der Waals surface area contributed by atoms with Gasteiger partial charge < -0.3 is 0 Å². The van der Waals surface area contributed by atoms with Gasteiger partial charge in [0.05, 0.1) is 0 Å². The Morgan fingerprint density at radius 2 is 1.84 bits per heavy atom. The van der Waals surface area contributed by atoms with Gasteiger partial charge in [-0.25, -0.2) is 0 Å². The van der Waals surface area contributed by atoms with Gasteiger partial charge in [-0.3, -0.25) is 9.59 Å². The summed E-state index contributed by atoms with van der Waals surface area (Å²) in [7, 11) is 0. The van der Waals surface area contributed by atoms with Crippen LogP contribution in [0.15, 0.2) is 42.5 Å². The van der Waals surface area contributed by atoms with Gasteiger partial charge in [-0.15, -0.1) is 0 Å². The van der Waals surface area contributed by atoms with Crippen LogP contribution in [0.25, 0.3) is 0 Å². The predicted molar refractivity (Wildman–Crippen MR) is 75.5 cm³/mol. The van der Waals surface area contributed by atoms with Gasteiger partial charge in [-0.2, -0.15) is 0 Å². The second-order valence-electron chi connectivity index (χ2n) is 4.17. The average molecular weight is 272 g/mol. The van der Waals surface area contributed by atoms with Gasteiger partial charge in [-0.1, -0.05) is 42.8 Å². The first-order valence-electron chi connectivity index (χ1n) is 5.97. The number of hydrogen-bond donors (Lipinski definition) is 0. The van der Waals surface area contributed by atoms with E-state index in [2.05, 4.69) is 0 Å². The van der Waals surface area contributed by atoms with Crippen molar-refractivity contribution in [2.75, 3.05) is 0 Å². The van der Waals surface area contributed by atoms with Crippen LogP contribution in [0.3, 0.4) is 0 Å². The number of benzene rings is 2. The minimum Gasteiger partial charge on any atom is -0.289 e. The molecule has 0 amide bonds. The van der Waals surface area contributed by atoms with Gasteiger partial charge in [-0.05, 0) is 30.2 Å². The molecule has 19 heavy (non-hydrogen) atoms. The SMILES string of the molecule is CCc1ccc(C(=O)c2cc(Cl)ccc2[C]=O)cc1. The van der Waals surface area contributed by atoms with E-state index in [1.807, 2.05) is 19.1 Å². The van der Waals surface area contributed by atoms with E-state index in [0.717, 1.165) is 12.0 Å². The zero-order valence-corrected chi connectivity index (χ0v) is 11.2. The van der Waals surface area contributed by atoms with Crippen molar-refractivity contribution in [1.29, 1.82) is 0 Å². The van der Waals surface area contributed by atoms with Crippen molar-refractivity contribution >= 4 is 23.7 Å². The van der Waals surface area contributed by atoms with E-state index >= 15 is 0 Å². The number of aryl methyl sites for hydroxylation is 1. The molecule has 2 rings (SSSR count). The zero-order chi connectivity index (χ0) is 13.8. The Kier molecular flexibility index (Phi) is 4.13. The van der Waals surface area contributed by atoms with E-state index in [0.29, 0.717) is 10.6 Å². The summed E-state index contributed by atoms with van der Waals surface area (Å²) < 4.78 is 0. The van der Waals surface area contributed by atoms with E-state index in [1.165, 1.54) is 12.1 Å². The molecule has 0 saturated carbocycles. The van der Waals surface area contributed by atoms with Crippen molar-refractivity contribution < 1.29 is 9.59 Å². The normalized spacial score (nSPS) is 10.2. The maximum atomic E-state index is 12.3. The number of halogens is 1. The third-order valence-corrected chi connectivity index (χ3v) is 3.20. The highest BCUT2D eigenvalue weighted by Gasteiger charge is 2.14. The molecule has 1 radical (unpaired) electrons. The summed E-state index contributed by atoms with van der Waals surface area (Å²) in [4.78, 5) is 23.2. The highest BCUT2D eigenvalue weighted by atomic mass is 35.5. The number of ketones is 1. The number of rotatable bonds is 4. The lowest BCUT2D eigenvalue weighted by atomic mass is 9.98. The molecule has 0 saturated heterocycles. The van der Waals surface area contributed by atoms with Crippen LogP contribution >= 0.6 is 11.6 Å². The molecule has 2 aromatic rings. The summed E-state index contributed by atoms with van der Waals surface area (Å²) in [5.74, 6) is -0.219. The molecule has 2 aromatic carbocycles. The third-order valence-electron chi connectivity index (χ3n) is 2.96. The summed E-state index contributed by atoms with van der Waals surface area (Å²) >= 11 is 5.87. The molecule has 0 aliphatic carbocycles. The number of carbonyl (C=O) groups excluding carboxylic acids is 2. The molecular formula is C16H12ClO2. The fourth-order valence-electron chi connectivity index (χ4n) is 1.84. The Balaban J connectivity index is 2.42. The maximum absolute atomic E-state index is 12.3. The highest BCUT2D eigenvalue weighted by Crippen LogP contribution is 2.19. The lowest BCUT2D eigenvalue weighted by Crippen LogP contribution is -2.05. The molecule has 0 aliphatic rings. The Morgan fingerprint density at radius 3 is 2.42 bits per heavy atom. The molecule has 3 heteroatoms. The first kappa shape index (κ1) is 13.5. The van der Waals surface area contributed by atoms with Crippen LogP contribution in [0, 0.1) is 0 Å². The first-order valence-corrected chi connectivity index (χ1v) is 6.35. The molecule has 95 valence electrons. The summed E-state index contributed by atoms with van der Waals surface area (Å²) in [6.45, 7) is 2.05. The van der Waals surface area contributed by atoms with Crippen molar-refractivity contribution in [3.05, 3.63) is 69.7 Å². The minimum absolute atomic E-state index is 0.219. The lowest BCUT2D eigenvalue weighted by molar-refractivity contribution is 0.103. The second kappa shape index (κ2) is 5.81. The van der Waals surface area contributed by atoms with Crippen molar-refractivity contribution in [1.82, 2.24) is 0 Å². The summed E-state index contributed by atoms with van der Waals surface area (Å²) in [6.07, 6.45) is 2.68. The van der Waals surface area contributed by atoms with Crippen LogP contribution in [-0.4, -0.2) is 12.1 Å². The van der Waals surface area contributed by atoms with Gasteiger partial charge in [0.15, 0.2) is 5.78 Å². The number of carbonyl (C=O) groups is 1. The minimum atomic E-state index is -0.219. The van der Waals surface area contributed by atoms with E-state index in [1.54, 1.807) is 24.5 Å². The Bertz CT molecular complexity index is 615. The van der Waals surface area contributed by atoms with Crippen LogP contribution in [0.1, 0.15) is 34.0 Å². The van der Waals surface area contributed by atoms with E-state index in [-0.39, 0.29) is 16.9 Å². The predicted octanol–water partition coefficient (Wildman–Crippen LogP) is 3.59. The van der Waals surface area contributed by atoms with Gasteiger partial charge >= 0.3 is 0 Å². The Hall–Kier alpha value is -1.93. The molecule has 0 N–H and O–H groups in total. The van der Waals surface area contributed by atoms with Crippen molar-refractivity contribution in [2.24, 2.45) is 0 Å². The van der Waals surface area contributed by atoms with Crippen molar-refractivity contribution in [3.8, 4) is 0 Å². The van der Waals surface area contributed by atoms with Crippen LogP contribution in [0.5, 0.6) is 0 Å². The third kappa shape index (κ3) is 2.91. The summed E-state index contributed by atoms with van der Waals surface area (Å²) in [5, 5.41) is 0.424. The standard InChI is InChI=1S/C16H12ClO2/c1-2-11-3-5-12(6-4-11)16(19)15-9-14(17)8-7-13(15)10-18/h3-9H,2H2,1H3. The molecular weight excluding hydrogens is 260 g/mol. The van der Waals surface area contributed by atoms with Gasteiger partial charge in [0.1, 0.15) is 0 Å². The smallest absolute Gasteiger partial charge is 0.234 e. The average Bonchev–Trinajstić information content (AvgIpc) is 2.46. The maximum Gasteiger partial charge on any atom is 0.234 e. The largest absolute Gasteiger partial charge is 0.289 e. The number of hydrogen-bond acceptors (Lipinski definition) is 2. The Labute approximate surface area is 117 Å². The molecule has 0 bridgehead atoms. The zero-order valence-electron chi connectivity index (χ0n) is 10.4. The topological polar surface area (TPSA) is 34.1 Å². The summed E-state index contributed by atoms with van der Waals surface area (Å²) in [6, 6.07) is 11.9. The van der Waals surface area contributed by atoms with Crippen molar-refractivity contribution in [2.45, 2.75) is 13.3 Å². The van der Waals surface area contributed by atoms with Crippen LogP contribution in [0.4, 0.5) is 0 Å². The van der Waals surface area contributed by atoms with Crippen LogP contribution in [-0.2, 0) is 11.2 Å². The quantitative estimate of drug-likeness (QED) is 0.797. The lowest BCUT2D eigenvalue weighted by Gasteiger charge is -2.05. The van der Waals surface area contributed by atoms with Gasteiger partial charge in [0.25, 0.3) is 0 Å².